The van der Waals surface area contributed by atoms with E-state index in [1.165, 1.54) is 22.6 Å². The molecule has 4 rings (SSSR count). The fourth-order valence-corrected chi connectivity index (χ4v) is 3.23. The number of aromatic nitrogens is 2. The molecule has 0 aliphatic carbocycles. The van der Waals surface area contributed by atoms with E-state index in [0.29, 0.717) is 5.69 Å². The first-order chi connectivity index (χ1) is 13.0. The second kappa shape index (κ2) is 6.92. The second-order valence-corrected chi connectivity index (χ2v) is 6.52. The molecule has 0 radical (unpaired) electrons. The van der Waals surface area contributed by atoms with Crippen LogP contribution in [0.1, 0.15) is 28.0 Å². The van der Waals surface area contributed by atoms with Crippen molar-refractivity contribution < 1.29 is 13.6 Å². The Hall–Kier alpha value is -3.06. The molecule has 0 saturated carbocycles. The molecule has 0 atom stereocenters. The lowest BCUT2D eigenvalue weighted by atomic mass is 9.98. The first kappa shape index (κ1) is 17.4. The summed E-state index contributed by atoms with van der Waals surface area (Å²) in [5.41, 5.74) is 2.81. The maximum atomic E-state index is 14.5. The number of nitrogens with zero attached hydrogens (tertiary/aromatic N) is 2. The smallest absolute Gasteiger partial charge is 0.258 e. The van der Waals surface area contributed by atoms with Gasteiger partial charge in [-0.15, -0.1) is 0 Å². The summed E-state index contributed by atoms with van der Waals surface area (Å²) in [4.78, 5) is 16.5. The number of pyridine rings is 1. The summed E-state index contributed by atoms with van der Waals surface area (Å²) >= 11 is 0. The zero-order valence-corrected chi connectivity index (χ0v) is 14.7. The summed E-state index contributed by atoms with van der Waals surface area (Å²) in [6.07, 6.45) is 6.02. The highest BCUT2D eigenvalue weighted by Gasteiger charge is 2.16. The van der Waals surface area contributed by atoms with Crippen LogP contribution in [0.4, 0.5) is 14.5 Å². The van der Waals surface area contributed by atoms with Crippen molar-refractivity contribution in [2.75, 3.05) is 18.4 Å². The van der Waals surface area contributed by atoms with Crippen LogP contribution in [-0.2, 0) is 0 Å². The number of amides is 1. The summed E-state index contributed by atoms with van der Waals surface area (Å²) < 4.78 is 30.1. The number of anilines is 1. The fourth-order valence-electron chi connectivity index (χ4n) is 3.23. The van der Waals surface area contributed by atoms with Gasteiger partial charge in [-0.1, -0.05) is 12.1 Å². The molecular weight excluding hydrogens is 350 g/mol. The van der Waals surface area contributed by atoms with E-state index in [-0.39, 0.29) is 16.9 Å². The molecule has 27 heavy (non-hydrogen) atoms. The fraction of sp³-hybridized carbons (Fsp3) is 0.200. The number of nitrogens with one attached hydrogen (secondary N) is 2. The normalized spacial score (nSPS) is 14.3. The minimum atomic E-state index is -0.631. The quantitative estimate of drug-likeness (QED) is 0.743. The minimum Gasteiger partial charge on any atom is -0.320 e. The van der Waals surface area contributed by atoms with E-state index < -0.39 is 17.5 Å². The molecule has 0 unspecified atom stereocenters. The molecule has 0 spiro atoms. The molecule has 0 saturated heterocycles. The van der Waals surface area contributed by atoms with E-state index >= 15 is 0 Å². The zero-order valence-electron chi connectivity index (χ0n) is 14.7. The largest absolute Gasteiger partial charge is 0.320 e. The molecule has 1 amide bonds. The summed E-state index contributed by atoms with van der Waals surface area (Å²) in [5.74, 6) is -1.80. The Labute approximate surface area is 154 Å². The van der Waals surface area contributed by atoms with Crippen LogP contribution >= 0.6 is 0 Å². The third-order valence-electron chi connectivity index (χ3n) is 4.53. The molecule has 0 fully saturated rings. The molecule has 5 nitrogen and oxygen atoms in total. The van der Waals surface area contributed by atoms with Gasteiger partial charge in [-0.2, -0.15) is 0 Å². The first-order valence-corrected chi connectivity index (χ1v) is 8.67. The number of hydrogen-bond acceptors (Lipinski definition) is 3. The van der Waals surface area contributed by atoms with Crippen molar-refractivity contribution in [3.05, 3.63) is 71.2 Å². The first-order valence-electron chi connectivity index (χ1n) is 8.67. The van der Waals surface area contributed by atoms with Gasteiger partial charge in [0.15, 0.2) is 11.5 Å². The highest BCUT2D eigenvalue weighted by atomic mass is 19.1. The summed E-state index contributed by atoms with van der Waals surface area (Å²) in [6.45, 7) is 3.35. The van der Waals surface area contributed by atoms with E-state index in [1.807, 2.05) is 6.08 Å². The Balaban J connectivity index is 1.58. The van der Waals surface area contributed by atoms with Gasteiger partial charge in [-0.25, -0.2) is 13.8 Å². The highest BCUT2D eigenvalue weighted by Crippen LogP contribution is 2.23. The number of carbonyl (C=O) groups excluding carboxylic acids is 1. The lowest BCUT2D eigenvalue weighted by molar-refractivity contribution is 0.102. The SMILES string of the molecule is Cc1cn2cc(NC(=O)c3ccc(C4=CCNCC4)cc3F)cc(F)c2n1. The highest BCUT2D eigenvalue weighted by molar-refractivity contribution is 6.04. The van der Waals surface area contributed by atoms with E-state index in [0.717, 1.165) is 30.6 Å². The van der Waals surface area contributed by atoms with Crippen LogP contribution in [0.2, 0.25) is 0 Å². The summed E-state index contributed by atoms with van der Waals surface area (Å²) in [7, 11) is 0. The molecule has 3 heterocycles. The summed E-state index contributed by atoms with van der Waals surface area (Å²) in [5, 5.41) is 5.75. The van der Waals surface area contributed by atoms with Gasteiger partial charge in [0.2, 0.25) is 0 Å². The van der Waals surface area contributed by atoms with Crippen LogP contribution < -0.4 is 10.6 Å². The van der Waals surface area contributed by atoms with Crippen molar-refractivity contribution >= 4 is 22.8 Å². The predicted octanol–water partition coefficient (Wildman–Crippen LogP) is 3.55. The van der Waals surface area contributed by atoms with Gasteiger partial charge in [0.05, 0.1) is 16.9 Å². The Morgan fingerprint density at radius 3 is 2.81 bits per heavy atom. The van der Waals surface area contributed by atoms with Gasteiger partial charge in [0.25, 0.3) is 5.91 Å². The van der Waals surface area contributed by atoms with E-state index in [4.69, 9.17) is 0 Å². The number of carbonyl (C=O) groups is 1. The van der Waals surface area contributed by atoms with Crippen molar-refractivity contribution in [3.63, 3.8) is 0 Å². The van der Waals surface area contributed by atoms with Crippen LogP contribution in [0.15, 0.2) is 42.7 Å². The average Bonchev–Trinajstić information content (AvgIpc) is 3.03. The molecular formula is C20H18F2N4O. The van der Waals surface area contributed by atoms with Crippen LogP contribution in [0, 0.1) is 18.6 Å². The molecule has 1 aliphatic rings. The Morgan fingerprint density at radius 1 is 1.22 bits per heavy atom. The zero-order chi connectivity index (χ0) is 19.0. The third kappa shape index (κ3) is 3.46. The number of aryl methyl sites for hydroxylation is 1. The molecule has 1 aliphatic heterocycles. The Bertz CT molecular complexity index is 1070. The van der Waals surface area contributed by atoms with Crippen molar-refractivity contribution in [1.29, 1.82) is 0 Å². The van der Waals surface area contributed by atoms with E-state index in [9.17, 15) is 13.6 Å². The molecule has 0 bridgehead atoms. The number of benzene rings is 1. The molecule has 7 heteroatoms. The number of halogens is 2. The van der Waals surface area contributed by atoms with Crippen LogP contribution in [0.3, 0.4) is 0 Å². The van der Waals surface area contributed by atoms with Gasteiger partial charge >= 0.3 is 0 Å². The maximum Gasteiger partial charge on any atom is 0.258 e. The van der Waals surface area contributed by atoms with Crippen molar-refractivity contribution in [2.45, 2.75) is 13.3 Å². The van der Waals surface area contributed by atoms with Crippen molar-refractivity contribution in [3.8, 4) is 0 Å². The topological polar surface area (TPSA) is 58.4 Å². The van der Waals surface area contributed by atoms with E-state index in [2.05, 4.69) is 15.6 Å². The van der Waals surface area contributed by atoms with Crippen LogP contribution in [0.5, 0.6) is 0 Å². The predicted molar refractivity (Wildman–Crippen MR) is 99.7 cm³/mol. The van der Waals surface area contributed by atoms with Gasteiger partial charge in [-0.3, -0.25) is 4.79 Å². The average molecular weight is 368 g/mol. The standard InChI is InChI=1S/C20H18F2N4O/c1-12-10-26-11-15(9-18(22)19(26)24-12)25-20(27)16-3-2-14(8-17(16)21)13-4-6-23-7-5-13/h2-4,8-11,23H,5-7H2,1H3,(H,25,27). The number of fused-ring (bicyclic) bond motifs is 1. The number of imidazole rings is 1. The lowest BCUT2D eigenvalue weighted by Gasteiger charge is -2.15. The molecule has 3 aromatic rings. The lowest BCUT2D eigenvalue weighted by Crippen LogP contribution is -2.20. The Morgan fingerprint density at radius 2 is 2.07 bits per heavy atom. The van der Waals surface area contributed by atoms with Crippen molar-refractivity contribution in [2.24, 2.45) is 0 Å². The van der Waals surface area contributed by atoms with Gasteiger partial charge < -0.3 is 15.0 Å². The summed E-state index contributed by atoms with van der Waals surface area (Å²) in [6, 6.07) is 5.73. The van der Waals surface area contributed by atoms with Gasteiger partial charge in [-0.05, 0) is 43.2 Å². The number of rotatable bonds is 3. The number of hydrogen-bond donors (Lipinski definition) is 2. The van der Waals surface area contributed by atoms with E-state index in [1.54, 1.807) is 25.4 Å². The monoisotopic (exact) mass is 368 g/mol. The Kier molecular flexibility index (Phi) is 4.45. The maximum absolute atomic E-state index is 14.5. The molecule has 1 aromatic carbocycles. The van der Waals surface area contributed by atoms with Crippen molar-refractivity contribution in [1.82, 2.24) is 14.7 Å². The van der Waals surface area contributed by atoms with Crippen LogP contribution in [-0.4, -0.2) is 28.4 Å². The third-order valence-corrected chi connectivity index (χ3v) is 4.53. The molecule has 2 N–H and O–H groups in total. The van der Waals surface area contributed by atoms with Gasteiger partial charge in [0, 0.05) is 25.0 Å². The minimum absolute atomic E-state index is 0.0874. The van der Waals surface area contributed by atoms with Crippen LogP contribution in [0.25, 0.3) is 11.2 Å². The van der Waals surface area contributed by atoms with Gasteiger partial charge in [0.1, 0.15) is 5.82 Å². The second-order valence-electron chi connectivity index (χ2n) is 6.52. The molecule has 138 valence electrons. The molecule has 2 aromatic heterocycles.